The molecule has 5 nitrogen and oxygen atoms in total. The number of aliphatic imine (C=N–C) groups is 2. The average Bonchev–Trinajstić information content (AvgIpc) is 2.44. The molecule has 0 aromatic heterocycles. The number of nitrogens with two attached hydrogens (primary N) is 2. The highest BCUT2D eigenvalue weighted by Crippen LogP contribution is 2.42. The molecule has 118 valence electrons. The van der Waals surface area contributed by atoms with Gasteiger partial charge in [-0.1, -0.05) is 34.0 Å². The van der Waals surface area contributed by atoms with Gasteiger partial charge in [-0.25, -0.2) is 9.38 Å². The van der Waals surface area contributed by atoms with E-state index in [9.17, 15) is 4.39 Å². The SMILES string of the molecule is NC1=NC2(CCCCC2)N(c2cc(Br)cc(Cl)c2F)C(N)=N1. The van der Waals surface area contributed by atoms with Gasteiger partial charge in [0.15, 0.2) is 5.82 Å². The van der Waals surface area contributed by atoms with Crippen molar-refractivity contribution in [3.8, 4) is 0 Å². The van der Waals surface area contributed by atoms with Crippen LogP contribution in [0.25, 0.3) is 0 Å². The van der Waals surface area contributed by atoms with Crippen LogP contribution in [0.3, 0.4) is 0 Å². The first kappa shape index (κ1) is 15.6. The van der Waals surface area contributed by atoms with Crippen molar-refractivity contribution in [2.45, 2.75) is 37.8 Å². The minimum absolute atomic E-state index is 0.0191. The number of hydrogen-bond donors (Lipinski definition) is 2. The zero-order valence-electron chi connectivity index (χ0n) is 11.8. The van der Waals surface area contributed by atoms with Crippen LogP contribution in [-0.4, -0.2) is 17.6 Å². The summed E-state index contributed by atoms with van der Waals surface area (Å²) in [6, 6.07) is 3.14. The van der Waals surface area contributed by atoms with Gasteiger partial charge in [-0.05, 0) is 37.8 Å². The first-order chi connectivity index (χ1) is 10.4. The Morgan fingerprint density at radius 2 is 1.91 bits per heavy atom. The molecule has 0 atom stereocenters. The predicted molar refractivity (Wildman–Crippen MR) is 90.6 cm³/mol. The van der Waals surface area contributed by atoms with Crippen molar-refractivity contribution in [2.24, 2.45) is 21.5 Å². The number of hydrogen-bond acceptors (Lipinski definition) is 5. The smallest absolute Gasteiger partial charge is 0.220 e. The summed E-state index contributed by atoms with van der Waals surface area (Å²) in [5, 5.41) is 0.0191. The minimum atomic E-state index is -0.681. The Balaban J connectivity index is 2.16. The third kappa shape index (κ3) is 2.56. The molecule has 0 unspecified atom stereocenters. The van der Waals surface area contributed by atoms with Crippen molar-refractivity contribution in [2.75, 3.05) is 4.90 Å². The van der Waals surface area contributed by atoms with Crippen molar-refractivity contribution in [1.29, 1.82) is 0 Å². The van der Waals surface area contributed by atoms with Gasteiger partial charge >= 0.3 is 0 Å². The number of guanidine groups is 2. The Morgan fingerprint density at radius 3 is 2.59 bits per heavy atom. The molecule has 1 saturated carbocycles. The first-order valence-corrected chi connectivity index (χ1v) is 8.24. The van der Waals surface area contributed by atoms with Gasteiger partial charge in [-0.2, -0.15) is 4.99 Å². The van der Waals surface area contributed by atoms with E-state index in [-0.39, 0.29) is 22.6 Å². The zero-order valence-corrected chi connectivity index (χ0v) is 14.2. The number of rotatable bonds is 1. The Bertz CT molecular complexity index is 669. The number of halogens is 3. The second-order valence-corrected chi connectivity index (χ2v) is 6.86. The molecule has 4 N–H and O–H groups in total. The fourth-order valence-electron chi connectivity index (χ4n) is 3.17. The lowest BCUT2D eigenvalue weighted by molar-refractivity contribution is 0.304. The van der Waals surface area contributed by atoms with E-state index < -0.39 is 11.5 Å². The van der Waals surface area contributed by atoms with Crippen LogP contribution in [0.2, 0.25) is 5.02 Å². The lowest BCUT2D eigenvalue weighted by atomic mass is 9.87. The van der Waals surface area contributed by atoms with Crippen LogP contribution >= 0.6 is 27.5 Å². The average molecular weight is 389 g/mol. The molecule has 22 heavy (non-hydrogen) atoms. The summed E-state index contributed by atoms with van der Waals surface area (Å²) in [7, 11) is 0. The maximum Gasteiger partial charge on any atom is 0.220 e. The monoisotopic (exact) mass is 387 g/mol. The van der Waals surface area contributed by atoms with Crippen LogP contribution in [0.1, 0.15) is 32.1 Å². The Labute approximate surface area is 141 Å². The number of benzene rings is 1. The first-order valence-electron chi connectivity index (χ1n) is 7.07. The molecule has 2 aliphatic rings. The van der Waals surface area contributed by atoms with E-state index in [1.165, 1.54) is 6.07 Å². The van der Waals surface area contributed by atoms with Crippen LogP contribution in [0.15, 0.2) is 26.6 Å². The van der Waals surface area contributed by atoms with Crippen molar-refractivity contribution in [1.82, 2.24) is 0 Å². The third-order valence-electron chi connectivity index (χ3n) is 4.07. The van der Waals surface area contributed by atoms with Gasteiger partial charge in [0.2, 0.25) is 11.9 Å². The van der Waals surface area contributed by atoms with Gasteiger partial charge in [0.05, 0.1) is 10.7 Å². The normalized spacial score (nSPS) is 20.8. The zero-order chi connectivity index (χ0) is 15.9. The molecule has 1 fully saturated rings. The molecule has 8 heteroatoms. The highest BCUT2D eigenvalue weighted by molar-refractivity contribution is 9.10. The van der Waals surface area contributed by atoms with E-state index >= 15 is 0 Å². The van der Waals surface area contributed by atoms with Crippen LogP contribution in [0, 0.1) is 5.82 Å². The van der Waals surface area contributed by atoms with Crippen LogP contribution in [0.5, 0.6) is 0 Å². The highest BCUT2D eigenvalue weighted by Gasteiger charge is 2.43. The lowest BCUT2D eigenvalue weighted by Gasteiger charge is -2.45. The molecule has 1 spiro atoms. The largest absolute Gasteiger partial charge is 0.369 e. The molecular weight excluding hydrogens is 373 g/mol. The van der Waals surface area contributed by atoms with Crippen molar-refractivity contribution in [3.63, 3.8) is 0 Å². The maximum atomic E-state index is 14.6. The number of nitrogens with zero attached hydrogens (tertiary/aromatic N) is 3. The summed E-state index contributed by atoms with van der Waals surface area (Å²) >= 11 is 9.31. The van der Waals surface area contributed by atoms with Gasteiger partial charge in [-0.15, -0.1) is 0 Å². The molecule has 1 heterocycles. The summed E-state index contributed by atoms with van der Waals surface area (Å²) in [5.74, 6) is -0.261. The van der Waals surface area contributed by atoms with Gasteiger partial charge in [-0.3, -0.25) is 4.90 Å². The topological polar surface area (TPSA) is 80.0 Å². The third-order valence-corrected chi connectivity index (χ3v) is 4.80. The summed E-state index contributed by atoms with van der Waals surface area (Å²) in [5.41, 5.74) is 11.4. The standard InChI is InChI=1S/C14H16BrClFN5/c15-8-6-9(16)11(17)10(7-8)22-13(19)20-12(18)21-14(22)4-2-1-3-5-14/h6-7H,1-5H2,(H4,18,19,20,21). The van der Waals surface area contributed by atoms with Crippen molar-refractivity contribution >= 4 is 45.1 Å². The lowest BCUT2D eigenvalue weighted by Crippen LogP contribution is -2.58. The Hall–Kier alpha value is -1.34. The molecule has 1 aromatic rings. The molecule has 0 bridgehead atoms. The molecule has 1 aliphatic heterocycles. The van der Waals surface area contributed by atoms with E-state index in [4.69, 9.17) is 23.1 Å². The molecule has 1 aliphatic carbocycles. The molecular formula is C14H16BrClFN5. The summed E-state index contributed by atoms with van der Waals surface area (Å²) in [6.07, 6.45) is 4.55. The fourth-order valence-corrected chi connectivity index (χ4v) is 3.97. The van der Waals surface area contributed by atoms with Crippen LogP contribution in [0.4, 0.5) is 10.1 Å². The highest BCUT2D eigenvalue weighted by atomic mass is 79.9. The van der Waals surface area contributed by atoms with Gasteiger partial charge in [0.25, 0.3) is 0 Å². The fraction of sp³-hybridized carbons (Fsp3) is 0.429. The van der Waals surface area contributed by atoms with E-state index in [0.717, 1.165) is 32.1 Å². The number of anilines is 1. The molecule has 0 amide bonds. The summed E-state index contributed by atoms with van der Waals surface area (Å²) in [6.45, 7) is 0. The van der Waals surface area contributed by atoms with E-state index in [1.807, 2.05) is 0 Å². The second kappa shape index (κ2) is 5.70. The van der Waals surface area contributed by atoms with Gasteiger partial charge in [0.1, 0.15) is 5.66 Å². The second-order valence-electron chi connectivity index (χ2n) is 5.54. The van der Waals surface area contributed by atoms with Gasteiger partial charge < -0.3 is 11.5 Å². The van der Waals surface area contributed by atoms with Crippen LogP contribution < -0.4 is 16.4 Å². The van der Waals surface area contributed by atoms with E-state index in [2.05, 4.69) is 25.9 Å². The maximum absolute atomic E-state index is 14.6. The van der Waals surface area contributed by atoms with E-state index in [1.54, 1.807) is 11.0 Å². The quantitative estimate of drug-likeness (QED) is 0.724. The molecule has 1 aromatic carbocycles. The van der Waals surface area contributed by atoms with E-state index in [0.29, 0.717) is 4.47 Å². The van der Waals surface area contributed by atoms with Crippen molar-refractivity contribution in [3.05, 3.63) is 27.4 Å². The molecule has 0 radical (unpaired) electrons. The minimum Gasteiger partial charge on any atom is -0.369 e. The van der Waals surface area contributed by atoms with Crippen molar-refractivity contribution < 1.29 is 4.39 Å². The van der Waals surface area contributed by atoms with Gasteiger partial charge in [0, 0.05) is 4.47 Å². The molecule has 3 rings (SSSR count). The predicted octanol–water partition coefficient (Wildman–Crippen LogP) is 3.35. The van der Waals surface area contributed by atoms with Crippen LogP contribution in [-0.2, 0) is 0 Å². The molecule has 0 saturated heterocycles. The Morgan fingerprint density at radius 1 is 1.23 bits per heavy atom. The summed E-state index contributed by atoms with van der Waals surface area (Å²) in [4.78, 5) is 10.2. The Kier molecular flexibility index (Phi) is 4.03. The summed E-state index contributed by atoms with van der Waals surface area (Å²) < 4.78 is 15.3.